The summed E-state index contributed by atoms with van der Waals surface area (Å²) in [5.41, 5.74) is 11.1. The van der Waals surface area contributed by atoms with Crippen molar-refractivity contribution in [1.29, 1.82) is 0 Å². The van der Waals surface area contributed by atoms with E-state index < -0.39 is 29.9 Å². The molecule has 9 nitrogen and oxygen atoms in total. The number of carbonyl (C=O) groups is 4. The zero-order valence-corrected chi connectivity index (χ0v) is 16.5. The van der Waals surface area contributed by atoms with E-state index in [1.807, 2.05) is 20.8 Å². The third kappa shape index (κ3) is 7.16. The van der Waals surface area contributed by atoms with E-state index in [1.165, 1.54) is 4.90 Å². The minimum absolute atomic E-state index is 0.0459. The van der Waals surface area contributed by atoms with Crippen molar-refractivity contribution in [2.45, 2.75) is 71.0 Å². The highest BCUT2D eigenvalue weighted by Gasteiger charge is 2.37. The lowest BCUT2D eigenvalue weighted by molar-refractivity contribution is -0.141. The summed E-state index contributed by atoms with van der Waals surface area (Å²) in [6, 6.07) is -2.24. The molecule has 0 saturated carbocycles. The summed E-state index contributed by atoms with van der Waals surface area (Å²) < 4.78 is 0. The first-order valence-corrected chi connectivity index (χ1v) is 9.59. The third-order valence-corrected chi connectivity index (χ3v) is 4.55. The molecule has 0 aromatic rings. The molecule has 3 atom stereocenters. The number of primary amides is 1. The van der Waals surface area contributed by atoms with Crippen LogP contribution in [0.5, 0.6) is 0 Å². The summed E-state index contributed by atoms with van der Waals surface area (Å²) in [7, 11) is 0. The van der Waals surface area contributed by atoms with Crippen LogP contribution < -0.4 is 22.1 Å². The van der Waals surface area contributed by atoms with Crippen LogP contribution >= 0.6 is 0 Å². The highest BCUT2D eigenvalue weighted by Crippen LogP contribution is 2.20. The third-order valence-electron chi connectivity index (χ3n) is 4.55. The van der Waals surface area contributed by atoms with Crippen LogP contribution in [0.3, 0.4) is 0 Å². The summed E-state index contributed by atoms with van der Waals surface area (Å²) >= 11 is 0. The van der Waals surface area contributed by atoms with E-state index in [1.54, 1.807) is 0 Å². The first-order valence-electron chi connectivity index (χ1n) is 9.59. The number of nitrogens with zero attached hydrogens (tertiary/aromatic N) is 1. The number of carbonyl (C=O) groups excluding carboxylic acids is 4. The van der Waals surface area contributed by atoms with Gasteiger partial charge in [0.1, 0.15) is 12.1 Å². The molecule has 154 valence electrons. The fraction of sp³-hybridized carbons (Fsp3) is 0.778. The monoisotopic (exact) mass is 383 g/mol. The Morgan fingerprint density at radius 3 is 2.44 bits per heavy atom. The molecule has 0 aromatic heterocycles. The molecule has 1 aliphatic heterocycles. The summed E-state index contributed by atoms with van der Waals surface area (Å²) in [6.45, 7) is 6.62. The van der Waals surface area contributed by atoms with Crippen LogP contribution in [0.1, 0.15) is 52.9 Å². The Bertz CT molecular complexity index is 552. The Morgan fingerprint density at radius 2 is 1.89 bits per heavy atom. The maximum absolute atomic E-state index is 13.0. The van der Waals surface area contributed by atoms with Crippen LogP contribution in [-0.2, 0) is 19.2 Å². The molecule has 0 radical (unpaired) electrons. The normalized spacial score (nSPS) is 18.9. The van der Waals surface area contributed by atoms with Crippen molar-refractivity contribution in [3.8, 4) is 0 Å². The number of amides is 4. The van der Waals surface area contributed by atoms with Gasteiger partial charge >= 0.3 is 0 Å². The van der Waals surface area contributed by atoms with Gasteiger partial charge in [0.05, 0.1) is 6.04 Å². The van der Waals surface area contributed by atoms with E-state index in [2.05, 4.69) is 10.6 Å². The van der Waals surface area contributed by atoms with Gasteiger partial charge in [-0.3, -0.25) is 19.2 Å². The van der Waals surface area contributed by atoms with Crippen LogP contribution in [0.15, 0.2) is 0 Å². The summed E-state index contributed by atoms with van der Waals surface area (Å²) in [5.74, 6) is -1.36. The topological polar surface area (TPSA) is 148 Å². The SMILES string of the molecule is CCNC(=O)[C@@H]1CCCN1C(=O)[C@H](CCC(N)=O)NC(=O)[C@@H](N)CC(C)C. The number of nitrogens with two attached hydrogens (primary N) is 2. The first kappa shape index (κ1) is 22.9. The van der Waals surface area contributed by atoms with Gasteiger partial charge in [0.2, 0.25) is 23.6 Å². The van der Waals surface area contributed by atoms with E-state index in [0.717, 1.165) is 0 Å². The quantitative estimate of drug-likeness (QED) is 0.391. The van der Waals surface area contributed by atoms with Crippen molar-refractivity contribution in [2.75, 3.05) is 13.1 Å². The van der Waals surface area contributed by atoms with Crippen LogP contribution in [-0.4, -0.2) is 59.7 Å². The van der Waals surface area contributed by atoms with Crippen molar-refractivity contribution >= 4 is 23.6 Å². The van der Waals surface area contributed by atoms with Gasteiger partial charge in [-0.2, -0.15) is 0 Å². The molecule has 0 spiro atoms. The van der Waals surface area contributed by atoms with Crippen LogP contribution in [0, 0.1) is 5.92 Å². The summed E-state index contributed by atoms with van der Waals surface area (Å²) in [6.07, 6.45) is 1.79. The van der Waals surface area contributed by atoms with Crippen molar-refractivity contribution in [3.05, 3.63) is 0 Å². The molecular formula is C18H33N5O4. The standard InChI is InChI=1S/C18H33N5O4/c1-4-21-17(26)14-6-5-9-23(14)18(27)13(7-8-15(20)24)22-16(25)12(19)10-11(2)3/h11-14H,4-10,19H2,1-3H3,(H2,20,24)(H,21,26)(H,22,25)/t12-,13-,14-/m0/s1. The maximum atomic E-state index is 13.0. The van der Waals surface area contributed by atoms with E-state index in [4.69, 9.17) is 11.5 Å². The minimum atomic E-state index is -0.932. The predicted molar refractivity (Wildman–Crippen MR) is 101 cm³/mol. The van der Waals surface area contributed by atoms with E-state index in [0.29, 0.717) is 32.4 Å². The lowest BCUT2D eigenvalue weighted by atomic mass is 10.0. The number of likely N-dealkylation sites (tertiary alicyclic amines) is 1. The Labute approximate surface area is 160 Å². The molecule has 0 unspecified atom stereocenters. The van der Waals surface area contributed by atoms with E-state index >= 15 is 0 Å². The zero-order chi connectivity index (χ0) is 20.6. The molecule has 1 rings (SSSR count). The number of rotatable bonds is 10. The van der Waals surface area contributed by atoms with Gasteiger partial charge in [-0.25, -0.2) is 0 Å². The number of hydrogen-bond acceptors (Lipinski definition) is 5. The van der Waals surface area contributed by atoms with Gasteiger partial charge < -0.3 is 27.0 Å². The van der Waals surface area contributed by atoms with Crippen LogP contribution in [0.2, 0.25) is 0 Å². The minimum Gasteiger partial charge on any atom is -0.370 e. The maximum Gasteiger partial charge on any atom is 0.245 e. The fourth-order valence-corrected chi connectivity index (χ4v) is 3.23. The lowest BCUT2D eigenvalue weighted by Crippen LogP contribution is -2.55. The van der Waals surface area contributed by atoms with Crippen molar-refractivity contribution in [3.63, 3.8) is 0 Å². The van der Waals surface area contributed by atoms with Crippen LogP contribution in [0.25, 0.3) is 0 Å². The first-order chi connectivity index (χ1) is 12.7. The van der Waals surface area contributed by atoms with Crippen molar-refractivity contribution < 1.29 is 19.2 Å². The molecule has 1 saturated heterocycles. The highest BCUT2D eigenvalue weighted by molar-refractivity contribution is 5.93. The Hall–Kier alpha value is -2.16. The average Bonchev–Trinajstić information content (AvgIpc) is 3.06. The molecule has 1 fully saturated rings. The van der Waals surface area contributed by atoms with Crippen LogP contribution in [0.4, 0.5) is 0 Å². The highest BCUT2D eigenvalue weighted by atomic mass is 16.2. The molecule has 1 aliphatic rings. The van der Waals surface area contributed by atoms with Gasteiger partial charge in [-0.1, -0.05) is 13.8 Å². The molecule has 6 N–H and O–H groups in total. The molecule has 0 bridgehead atoms. The van der Waals surface area contributed by atoms with E-state index in [9.17, 15) is 19.2 Å². The number of nitrogens with one attached hydrogen (secondary N) is 2. The van der Waals surface area contributed by atoms with E-state index in [-0.39, 0.29) is 30.6 Å². The predicted octanol–water partition coefficient (Wildman–Crippen LogP) is -0.763. The van der Waals surface area contributed by atoms with Gasteiger partial charge in [0, 0.05) is 19.5 Å². The molecule has 0 aliphatic carbocycles. The Balaban J connectivity index is 2.87. The molecular weight excluding hydrogens is 350 g/mol. The largest absolute Gasteiger partial charge is 0.370 e. The molecule has 4 amide bonds. The molecule has 9 heteroatoms. The Morgan fingerprint density at radius 1 is 1.22 bits per heavy atom. The molecule has 1 heterocycles. The molecule has 27 heavy (non-hydrogen) atoms. The smallest absolute Gasteiger partial charge is 0.245 e. The van der Waals surface area contributed by atoms with Gasteiger partial charge in [0.25, 0.3) is 0 Å². The summed E-state index contributed by atoms with van der Waals surface area (Å²) in [5, 5.41) is 5.38. The number of hydrogen-bond donors (Lipinski definition) is 4. The van der Waals surface area contributed by atoms with Crippen molar-refractivity contribution in [1.82, 2.24) is 15.5 Å². The number of likely N-dealkylation sites (N-methyl/N-ethyl adjacent to an activating group) is 1. The summed E-state index contributed by atoms with van der Waals surface area (Å²) in [4.78, 5) is 50.2. The van der Waals surface area contributed by atoms with Crippen molar-refractivity contribution in [2.24, 2.45) is 17.4 Å². The second kappa shape index (κ2) is 10.9. The lowest BCUT2D eigenvalue weighted by Gasteiger charge is -2.29. The fourth-order valence-electron chi connectivity index (χ4n) is 3.23. The average molecular weight is 383 g/mol. The Kier molecular flexibility index (Phi) is 9.20. The second-order valence-electron chi connectivity index (χ2n) is 7.39. The molecule has 0 aromatic carbocycles. The van der Waals surface area contributed by atoms with Gasteiger partial charge in [0.15, 0.2) is 0 Å². The second-order valence-corrected chi connectivity index (χ2v) is 7.39. The zero-order valence-electron chi connectivity index (χ0n) is 16.5. The van der Waals surface area contributed by atoms with Gasteiger partial charge in [-0.15, -0.1) is 0 Å². The van der Waals surface area contributed by atoms with Gasteiger partial charge in [-0.05, 0) is 38.5 Å².